The minimum atomic E-state index is 0.107. The maximum absolute atomic E-state index is 4.23. The Bertz CT molecular complexity index is 1130. The summed E-state index contributed by atoms with van der Waals surface area (Å²) in [7, 11) is 0. The van der Waals surface area contributed by atoms with Gasteiger partial charge < -0.3 is 9.97 Å². The molecule has 5 heteroatoms. The number of fused-ring (bicyclic) bond motifs is 2. The molecular formula is C21H15BrN4. The Morgan fingerprint density at radius 3 is 1.81 bits per heavy atom. The zero-order chi connectivity index (χ0) is 17.5. The molecule has 0 aliphatic heterocycles. The van der Waals surface area contributed by atoms with Crippen LogP contribution in [0.5, 0.6) is 0 Å². The molecule has 0 radical (unpaired) electrons. The van der Waals surface area contributed by atoms with E-state index in [0.717, 1.165) is 15.5 Å². The van der Waals surface area contributed by atoms with Crippen LogP contribution >= 0.6 is 15.9 Å². The van der Waals surface area contributed by atoms with Crippen molar-refractivity contribution >= 4 is 37.7 Å². The van der Waals surface area contributed by atoms with Gasteiger partial charge in [-0.25, -0.2) is 0 Å². The fraction of sp³-hybridized carbons (Fsp3) is 0.0476. The molecule has 4 nitrogen and oxygen atoms in total. The average Bonchev–Trinajstić information content (AvgIpc) is 3.29. The van der Waals surface area contributed by atoms with E-state index in [2.05, 4.69) is 84.7 Å². The van der Waals surface area contributed by atoms with Gasteiger partial charge in [0.15, 0.2) is 0 Å². The second-order valence-electron chi connectivity index (χ2n) is 6.32. The Hall–Kier alpha value is -2.92. The summed E-state index contributed by atoms with van der Waals surface area (Å²) < 4.78 is 1.08. The third kappa shape index (κ3) is 2.44. The topological polar surface area (TPSA) is 57.4 Å². The van der Waals surface area contributed by atoms with Crippen molar-refractivity contribution in [1.29, 1.82) is 0 Å². The summed E-state index contributed by atoms with van der Waals surface area (Å²) in [6.07, 6.45) is 11.6. The Morgan fingerprint density at radius 1 is 0.731 bits per heavy atom. The Kier molecular flexibility index (Phi) is 3.60. The highest BCUT2D eigenvalue weighted by Gasteiger charge is 2.23. The minimum Gasteiger partial charge on any atom is -0.360 e. The lowest BCUT2D eigenvalue weighted by molar-refractivity contribution is 0.997. The van der Waals surface area contributed by atoms with Crippen LogP contribution in [-0.2, 0) is 0 Å². The number of pyridine rings is 2. The van der Waals surface area contributed by atoms with E-state index in [9.17, 15) is 0 Å². The second-order valence-corrected chi connectivity index (χ2v) is 7.23. The number of hydrogen-bond acceptors (Lipinski definition) is 2. The van der Waals surface area contributed by atoms with E-state index in [4.69, 9.17) is 0 Å². The molecule has 0 spiro atoms. The number of halogens is 1. The van der Waals surface area contributed by atoms with Gasteiger partial charge in [-0.15, -0.1) is 0 Å². The Balaban J connectivity index is 1.79. The summed E-state index contributed by atoms with van der Waals surface area (Å²) in [5.41, 5.74) is 5.81. The standard InChI is InChI=1S/C21H15BrN4/c22-14-3-1-13(2-4-14)21(17-9-25-19-11-23-7-5-15(17)19)18-10-26-20-12-24-8-6-16(18)20/h1-12,21,25-26H. The number of aromatic nitrogens is 4. The lowest BCUT2D eigenvalue weighted by Crippen LogP contribution is -2.02. The number of hydrogen-bond donors (Lipinski definition) is 2. The molecular weight excluding hydrogens is 388 g/mol. The molecule has 126 valence electrons. The molecule has 5 rings (SSSR count). The first kappa shape index (κ1) is 15.3. The van der Waals surface area contributed by atoms with E-state index in [1.165, 1.54) is 27.5 Å². The van der Waals surface area contributed by atoms with Gasteiger partial charge in [-0.1, -0.05) is 28.1 Å². The lowest BCUT2D eigenvalue weighted by Gasteiger charge is -2.17. The zero-order valence-corrected chi connectivity index (χ0v) is 15.4. The number of nitrogens with one attached hydrogen (secondary N) is 2. The third-order valence-electron chi connectivity index (χ3n) is 4.86. The highest BCUT2D eigenvalue weighted by atomic mass is 79.9. The smallest absolute Gasteiger partial charge is 0.0643 e. The van der Waals surface area contributed by atoms with Gasteiger partial charge in [-0.3, -0.25) is 9.97 Å². The summed E-state index contributed by atoms with van der Waals surface area (Å²) in [5, 5.41) is 2.38. The number of nitrogens with zero attached hydrogens (tertiary/aromatic N) is 2. The van der Waals surface area contributed by atoms with Crippen LogP contribution in [0.4, 0.5) is 0 Å². The van der Waals surface area contributed by atoms with Crippen molar-refractivity contribution in [2.45, 2.75) is 5.92 Å². The van der Waals surface area contributed by atoms with Crippen molar-refractivity contribution in [2.24, 2.45) is 0 Å². The largest absolute Gasteiger partial charge is 0.360 e. The maximum Gasteiger partial charge on any atom is 0.0643 e. The summed E-state index contributed by atoms with van der Waals surface area (Å²) in [6.45, 7) is 0. The minimum absolute atomic E-state index is 0.107. The molecule has 0 atom stereocenters. The van der Waals surface area contributed by atoms with Crippen molar-refractivity contribution in [3.05, 3.63) is 94.7 Å². The first-order valence-corrected chi connectivity index (χ1v) is 9.18. The van der Waals surface area contributed by atoms with Gasteiger partial charge in [0.1, 0.15) is 0 Å². The van der Waals surface area contributed by atoms with Crippen LogP contribution in [0.25, 0.3) is 21.8 Å². The highest BCUT2D eigenvalue weighted by Crippen LogP contribution is 2.39. The molecule has 0 aliphatic rings. The molecule has 0 unspecified atom stereocenters. The van der Waals surface area contributed by atoms with Crippen molar-refractivity contribution in [3.63, 3.8) is 0 Å². The van der Waals surface area contributed by atoms with Crippen molar-refractivity contribution in [1.82, 2.24) is 19.9 Å². The van der Waals surface area contributed by atoms with Crippen molar-refractivity contribution in [3.8, 4) is 0 Å². The summed E-state index contributed by atoms with van der Waals surface area (Å²) >= 11 is 3.54. The lowest BCUT2D eigenvalue weighted by atomic mass is 9.85. The molecule has 5 aromatic rings. The van der Waals surface area contributed by atoms with Gasteiger partial charge in [0.05, 0.1) is 23.4 Å². The first-order valence-electron chi connectivity index (χ1n) is 8.39. The van der Waals surface area contributed by atoms with Crippen LogP contribution in [0.1, 0.15) is 22.6 Å². The van der Waals surface area contributed by atoms with Crippen LogP contribution in [0.15, 0.2) is 78.1 Å². The van der Waals surface area contributed by atoms with Crippen LogP contribution in [0.2, 0.25) is 0 Å². The zero-order valence-electron chi connectivity index (χ0n) is 13.8. The number of rotatable bonds is 3. The molecule has 0 bridgehead atoms. The first-order chi connectivity index (χ1) is 12.8. The molecule has 4 aromatic heterocycles. The van der Waals surface area contributed by atoms with Crippen LogP contribution in [0, 0.1) is 0 Å². The number of aromatic amines is 2. The van der Waals surface area contributed by atoms with E-state index >= 15 is 0 Å². The predicted molar refractivity (Wildman–Crippen MR) is 107 cm³/mol. The monoisotopic (exact) mass is 402 g/mol. The van der Waals surface area contributed by atoms with Crippen molar-refractivity contribution in [2.75, 3.05) is 0 Å². The summed E-state index contributed by atoms with van der Waals surface area (Å²) in [5.74, 6) is 0.107. The maximum atomic E-state index is 4.23. The van der Waals surface area contributed by atoms with Gasteiger partial charge in [0.25, 0.3) is 0 Å². The van der Waals surface area contributed by atoms with E-state index in [0.29, 0.717) is 0 Å². The quantitative estimate of drug-likeness (QED) is 0.425. The molecule has 0 amide bonds. The molecule has 0 aliphatic carbocycles. The predicted octanol–water partition coefficient (Wildman–Crippen LogP) is 5.38. The number of H-pyrrole nitrogens is 2. The molecule has 0 saturated carbocycles. The van der Waals surface area contributed by atoms with Gasteiger partial charge in [0, 0.05) is 46.0 Å². The van der Waals surface area contributed by atoms with Gasteiger partial charge >= 0.3 is 0 Å². The Labute approximate surface area is 158 Å². The van der Waals surface area contributed by atoms with Crippen LogP contribution in [0.3, 0.4) is 0 Å². The van der Waals surface area contributed by atoms with Gasteiger partial charge in [-0.05, 0) is 41.0 Å². The summed E-state index contributed by atoms with van der Waals surface area (Å²) in [6, 6.07) is 12.7. The van der Waals surface area contributed by atoms with Crippen LogP contribution in [-0.4, -0.2) is 19.9 Å². The van der Waals surface area contributed by atoms with E-state index < -0.39 is 0 Å². The average molecular weight is 403 g/mol. The molecule has 0 saturated heterocycles. The normalized spacial score (nSPS) is 11.6. The Morgan fingerprint density at radius 2 is 1.27 bits per heavy atom. The highest BCUT2D eigenvalue weighted by molar-refractivity contribution is 9.10. The van der Waals surface area contributed by atoms with E-state index in [-0.39, 0.29) is 5.92 Å². The van der Waals surface area contributed by atoms with Gasteiger partial charge in [0.2, 0.25) is 0 Å². The SMILES string of the molecule is Brc1ccc(C(c2c[nH]c3cnccc23)c2c[nH]c3cnccc23)cc1. The van der Waals surface area contributed by atoms with Crippen molar-refractivity contribution < 1.29 is 0 Å². The van der Waals surface area contributed by atoms with E-state index in [1.807, 2.05) is 24.8 Å². The molecule has 2 N–H and O–H groups in total. The fourth-order valence-corrected chi connectivity index (χ4v) is 3.91. The molecule has 26 heavy (non-hydrogen) atoms. The fourth-order valence-electron chi connectivity index (χ4n) is 3.65. The van der Waals surface area contributed by atoms with E-state index in [1.54, 1.807) is 0 Å². The second kappa shape index (κ2) is 6.11. The molecule has 4 heterocycles. The van der Waals surface area contributed by atoms with Gasteiger partial charge in [-0.2, -0.15) is 0 Å². The third-order valence-corrected chi connectivity index (χ3v) is 5.38. The van der Waals surface area contributed by atoms with Crippen LogP contribution < -0.4 is 0 Å². The molecule has 1 aromatic carbocycles. The summed E-state index contributed by atoms with van der Waals surface area (Å²) in [4.78, 5) is 15.2. The number of benzene rings is 1. The molecule has 0 fully saturated rings.